The van der Waals surface area contributed by atoms with E-state index in [1.54, 1.807) is 12.5 Å². The van der Waals surface area contributed by atoms with Crippen molar-refractivity contribution >= 4 is 28.4 Å². The number of pyridine rings is 1. The van der Waals surface area contributed by atoms with Crippen LogP contribution in [0.3, 0.4) is 0 Å². The standard InChI is InChI=1S/C27H31ClN4O/c1-30(2)22-11-9-20(10-12-22)13-15-31-14-5-6-23(31)18-32-25-7-3-4-8-27(25)33-19-24-26(32)16-21(28)17-29-24/h3-4,7-12,16-17,19,23,29H,5-6,13-15,18H2,1-2H3. The van der Waals surface area contributed by atoms with Crippen molar-refractivity contribution in [2.45, 2.75) is 31.8 Å². The Morgan fingerprint density at radius 3 is 2.76 bits per heavy atom. The molecule has 0 saturated carbocycles. The van der Waals surface area contributed by atoms with Gasteiger partial charge >= 0.3 is 0 Å². The molecule has 1 atom stereocenters. The molecule has 1 unspecified atom stereocenters. The fourth-order valence-electron chi connectivity index (χ4n) is 4.86. The quantitative estimate of drug-likeness (QED) is 0.370. The van der Waals surface area contributed by atoms with Gasteiger partial charge in [-0.3, -0.25) is 4.90 Å². The van der Waals surface area contributed by atoms with Gasteiger partial charge in [0.1, 0.15) is 11.8 Å². The lowest BCUT2D eigenvalue weighted by Gasteiger charge is -2.27. The monoisotopic (exact) mass is 462 g/mol. The summed E-state index contributed by atoms with van der Waals surface area (Å²) in [6.45, 7) is 3.11. The average molecular weight is 463 g/mol. The van der Waals surface area contributed by atoms with Crippen LogP contribution in [0.1, 0.15) is 18.4 Å². The molecule has 3 heterocycles. The first-order chi connectivity index (χ1) is 16.1. The molecule has 172 valence electrons. The number of para-hydroxylation sites is 2. The van der Waals surface area contributed by atoms with E-state index >= 15 is 0 Å². The van der Waals surface area contributed by atoms with Gasteiger partial charge in [-0.1, -0.05) is 35.9 Å². The molecule has 33 heavy (non-hydrogen) atoms. The number of hydrogen-bond acceptors (Lipinski definition) is 3. The first-order valence-electron chi connectivity index (χ1n) is 11.7. The maximum absolute atomic E-state index is 6.39. The van der Waals surface area contributed by atoms with Crippen LogP contribution in [0.5, 0.6) is 0 Å². The second-order valence-corrected chi connectivity index (χ2v) is 9.51. The Balaban J connectivity index is 1.41. The molecule has 5 rings (SSSR count). The van der Waals surface area contributed by atoms with Crippen LogP contribution in [0.25, 0.3) is 22.5 Å². The minimum atomic E-state index is 0.476. The maximum Gasteiger partial charge on any atom is 0.150 e. The molecule has 0 aromatic heterocycles. The van der Waals surface area contributed by atoms with Gasteiger partial charge in [0, 0.05) is 45.1 Å². The highest BCUT2D eigenvalue weighted by Crippen LogP contribution is 2.29. The van der Waals surface area contributed by atoms with Crippen LogP contribution in [-0.4, -0.2) is 47.7 Å². The number of H-pyrrole nitrogens is 1. The lowest BCUT2D eigenvalue weighted by molar-refractivity contribution is 0.237. The van der Waals surface area contributed by atoms with Crippen molar-refractivity contribution in [3.63, 3.8) is 0 Å². The predicted molar refractivity (Wildman–Crippen MR) is 137 cm³/mol. The zero-order valence-corrected chi connectivity index (χ0v) is 20.1. The molecule has 2 aromatic rings. The molecule has 0 spiro atoms. The van der Waals surface area contributed by atoms with Crippen LogP contribution in [0.2, 0.25) is 5.02 Å². The van der Waals surface area contributed by atoms with Gasteiger partial charge in [-0.15, -0.1) is 0 Å². The Kier molecular flexibility index (Phi) is 6.34. The Morgan fingerprint density at radius 1 is 1.12 bits per heavy atom. The number of halogens is 1. The molecule has 1 saturated heterocycles. The van der Waals surface area contributed by atoms with E-state index in [1.165, 1.54) is 24.1 Å². The molecule has 3 aliphatic heterocycles. The molecule has 5 nitrogen and oxygen atoms in total. The molecule has 1 fully saturated rings. The minimum absolute atomic E-state index is 0.476. The van der Waals surface area contributed by atoms with Gasteiger partial charge in [0.2, 0.25) is 0 Å². The van der Waals surface area contributed by atoms with Crippen LogP contribution in [0.4, 0.5) is 5.69 Å². The fraction of sp³-hybridized carbons (Fsp3) is 0.333. The van der Waals surface area contributed by atoms with Crippen LogP contribution in [0, 0.1) is 0 Å². The fourth-order valence-corrected chi connectivity index (χ4v) is 5.02. The van der Waals surface area contributed by atoms with E-state index in [4.69, 9.17) is 16.0 Å². The molecule has 6 heteroatoms. The molecule has 1 N–H and O–H groups in total. The maximum atomic E-state index is 6.39. The Bertz CT molecular complexity index is 1230. The van der Waals surface area contributed by atoms with Gasteiger partial charge in [-0.05, 0) is 61.7 Å². The predicted octanol–water partition coefficient (Wildman–Crippen LogP) is 6.22. The van der Waals surface area contributed by atoms with E-state index in [1.807, 2.05) is 18.2 Å². The summed E-state index contributed by atoms with van der Waals surface area (Å²) in [7, 11) is 4.16. The number of likely N-dealkylation sites (tertiary alicyclic amines) is 1. The summed E-state index contributed by atoms with van der Waals surface area (Å²) in [6.07, 6.45) is 7.08. The number of nitrogens with one attached hydrogen (secondary N) is 1. The summed E-state index contributed by atoms with van der Waals surface area (Å²) in [5.74, 6) is 0. The molecule has 0 radical (unpaired) electrons. The molecule has 3 aliphatic rings. The summed E-state index contributed by atoms with van der Waals surface area (Å²) in [6, 6.07) is 19.7. The normalized spacial score (nSPS) is 16.5. The number of rotatable bonds is 6. The van der Waals surface area contributed by atoms with E-state index in [0.717, 1.165) is 48.5 Å². The van der Waals surface area contributed by atoms with E-state index < -0.39 is 0 Å². The number of aromatic amines is 1. The Hall–Kier alpha value is -2.89. The number of aromatic nitrogens is 2. The third-order valence-electron chi connectivity index (χ3n) is 6.70. The first kappa shape index (κ1) is 21.9. The zero-order valence-electron chi connectivity index (χ0n) is 19.3. The number of anilines is 1. The highest BCUT2D eigenvalue weighted by Gasteiger charge is 2.26. The second kappa shape index (κ2) is 9.54. The van der Waals surface area contributed by atoms with Gasteiger partial charge < -0.3 is 18.9 Å². The van der Waals surface area contributed by atoms with Crippen molar-refractivity contribution in [2.24, 2.45) is 0 Å². The van der Waals surface area contributed by atoms with Gasteiger partial charge in [-0.2, -0.15) is 0 Å². The lowest BCUT2D eigenvalue weighted by Crippen LogP contribution is -2.34. The summed E-state index contributed by atoms with van der Waals surface area (Å²) >= 11 is 6.39. The smallest absolute Gasteiger partial charge is 0.150 e. The number of benzene rings is 2. The summed E-state index contributed by atoms with van der Waals surface area (Å²) in [5.41, 5.74) is 6.56. The molecular weight excluding hydrogens is 432 g/mol. The molecule has 2 aromatic carbocycles. The minimum Gasteiger partial charge on any atom is -0.461 e. The van der Waals surface area contributed by atoms with Crippen molar-refractivity contribution < 1.29 is 4.42 Å². The number of nitrogens with zero attached hydrogens (tertiary/aromatic N) is 3. The van der Waals surface area contributed by atoms with Gasteiger partial charge in [0.25, 0.3) is 0 Å². The van der Waals surface area contributed by atoms with Crippen LogP contribution in [0.15, 0.2) is 71.5 Å². The molecule has 0 amide bonds. The third-order valence-corrected chi connectivity index (χ3v) is 6.92. The van der Waals surface area contributed by atoms with Crippen molar-refractivity contribution in [1.82, 2.24) is 14.5 Å². The molecule has 0 bridgehead atoms. The van der Waals surface area contributed by atoms with Crippen LogP contribution >= 0.6 is 11.6 Å². The van der Waals surface area contributed by atoms with E-state index in [9.17, 15) is 0 Å². The van der Waals surface area contributed by atoms with Crippen LogP contribution in [-0.2, 0) is 13.0 Å². The largest absolute Gasteiger partial charge is 0.461 e. The van der Waals surface area contributed by atoms with Gasteiger partial charge in [-0.25, -0.2) is 0 Å². The first-order valence-corrected chi connectivity index (χ1v) is 12.0. The van der Waals surface area contributed by atoms with Crippen molar-refractivity contribution in [2.75, 3.05) is 32.1 Å². The second-order valence-electron chi connectivity index (χ2n) is 9.07. The van der Waals surface area contributed by atoms with E-state index in [2.05, 4.69) is 69.8 Å². The van der Waals surface area contributed by atoms with Crippen molar-refractivity contribution in [3.05, 3.63) is 77.6 Å². The summed E-state index contributed by atoms with van der Waals surface area (Å²) in [4.78, 5) is 8.07. The lowest BCUT2D eigenvalue weighted by atomic mass is 10.1. The van der Waals surface area contributed by atoms with Crippen molar-refractivity contribution in [1.29, 1.82) is 0 Å². The highest BCUT2D eigenvalue weighted by atomic mass is 35.5. The Morgan fingerprint density at radius 2 is 1.94 bits per heavy atom. The zero-order chi connectivity index (χ0) is 22.8. The number of fused-ring (bicyclic) bond motifs is 2. The molecule has 0 aliphatic carbocycles. The number of hydrogen-bond donors (Lipinski definition) is 1. The average Bonchev–Trinajstić information content (AvgIpc) is 3.21. The van der Waals surface area contributed by atoms with E-state index in [0.29, 0.717) is 11.1 Å². The topological polar surface area (TPSA) is 40.3 Å². The third kappa shape index (κ3) is 4.75. The van der Waals surface area contributed by atoms with Gasteiger partial charge in [0.15, 0.2) is 0 Å². The summed E-state index contributed by atoms with van der Waals surface area (Å²) in [5, 5.41) is 0.691. The molecular formula is C27H31ClN4O. The Labute approximate surface area is 200 Å². The van der Waals surface area contributed by atoms with Crippen molar-refractivity contribution in [3.8, 4) is 11.4 Å². The van der Waals surface area contributed by atoms with Gasteiger partial charge in [0.05, 0.1) is 21.9 Å². The van der Waals surface area contributed by atoms with Crippen LogP contribution < -0.4 is 4.90 Å². The van der Waals surface area contributed by atoms with E-state index in [-0.39, 0.29) is 0 Å². The summed E-state index contributed by atoms with van der Waals surface area (Å²) < 4.78 is 8.38. The SMILES string of the molecule is CN(C)c1ccc(CCN2CCCC2Cn2c3cc(Cl)c[nH]c-3coc3ccccc32)cc1. The highest BCUT2D eigenvalue weighted by molar-refractivity contribution is 6.30.